The number of nitrogens with zero attached hydrogens (tertiary/aromatic N) is 3. The van der Waals surface area contributed by atoms with Crippen LogP contribution in [0.5, 0.6) is 11.5 Å². The number of ether oxygens (including phenoxy) is 2. The van der Waals surface area contributed by atoms with E-state index < -0.39 is 0 Å². The molecule has 0 atom stereocenters. The number of aldehydes is 1. The molecule has 0 aliphatic carbocycles. The van der Waals surface area contributed by atoms with Crippen LogP contribution in [0.4, 0.5) is 0 Å². The van der Waals surface area contributed by atoms with Crippen LogP contribution in [0.2, 0.25) is 0 Å². The van der Waals surface area contributed by atoms with E-state index in [1.807, 2.05) is 38.1 Å². The van der Waals surface area contributed by atoms with Gasteiger partial charge in [-0.25, -0.2) is 4.68 Å². The van der Waals surface area contributed by atoms with Crippen molar-refractivity contribution in [3.05, 3.63) is 35.7 Å². The molecule has 6 nitrogen and oxygen atoms in total. The number of aromatic nitrogens is 3. The predicted octanol–water partition coefficient (Wildman–Crippen LogP) is 2.30. The van der Waals surface area contributed by atoms with Crippen molar-refractivity contribution >= 4 is 6.29 Å². The monoisotopic (exact) mass is 289 g/mol. The van der Waals surface area contributed by atoms with E-state index in [2.05, 4.69) is 10.3 Å². The summed E-state index contributed by atoms with van der Waals surface area (Å²) in [6.45, 7) is 5.01. The van der Waals surface area contributed by atoms with Crippen molar-refractivity contribution in [2.75, 3.05) is 13.7 Å². The maximum atomic E-state index is 10.9. The number of carbonyl (C=O) groups is 1. The van der Waals surface area contributed by atoms with Gasteiger partial charge in [0.15, 0.2) is 6.29 Å². The zero-order valence-electron chi connectivity index (χ0n) is 12.4. The molecule has 2 aromatic rings. The lowest BCUT2D eigenvalue weighted by atomic mass is 10.1. The minimum atomic E-state index is 0.182. The number of rotatable bonds is 7. The van der Waals surface area contributed by atoms with Gasteiger partial charge in [0.05, 0.1) is 19.3 Å². The third-order valence-corrected chi connectivity index (χ3v) is 3.09. The van der Waals surface area contributed by atoms with Gasteiger partial charge in [-0.3, -0.25) is 4.79 Å². The van der Waals surface area contributed by atoms with Crippen LogP contribution in [0.25, 0.3) is 0 Å². The molecule has 0 aliphatic rings. The molecule has 0 N–H and O–H groups in total. The van der Waals surface area contributed by atoms with Gasteiger partial charge in [0.2, 0.25) is 0 Å². The van der Waals surface area contributed by atoms with Crippen LogP contribution in [0.1, 0.15) is 35.9 Å². The molecule has 21 heavy (non-hydrogen) atoms. The second-order valence-corrected chi connectivity index (χ2v) is 4.88. The number of carbonyl (C=O) groups excluding carboxylic acids is 1. The largest absolute Gasteiger partial charge is 0.497 e. The van der Waals surface area contributed by atoms with Crippen LogP contribution in [-0.4, -0.2) is 35.0 Å². The Hall–Kier alpha value is -2.37. The van der Waals surface area contributed by atoms with E-state index in [-0.39, 0.29) is 5.92 Å². The van der Waals surface area contributed by atoms with Crippen molar-refractivity contribution in [3.63, 3.8) is 0 Å². The Morgan fingerprint density at radius 3 is 2.48 bits per heavy atom. The van der Waals surface area contributed by atoms with Crippen molar-refractivity contribution in [2.24, 2.45) is 0 Å². The summed E-state index contributed by atoms with van der Waals surface area (Å²) < 4.78 is 12.5. The van der Waals surface area contributed by atoms with E-state index in [0.29, 0.717) is 18.8 Å². The van der Waals surface area contributed by atoms with E-state index in [9.17, 15) is 4.79 Å². The molecule has 0 saturated carbocycles. The number of methoxy groups -OCH3 is 1. The van der Waals surface area contributed by atoms with Gasteiger partial charge in [-0.15, -0.1) is 5.10 Å². The van der Waals surface area contributed by atoms with Gasteiger partial charge < -0.3 is 9.47 Å². The van der Waals surface area contributed by atoms with Gasteiger partial charge in [-0.1, -0.05) is 19.1 Å². The first kappa shape index (κ1) is 15.0. The zero-order valence-corrected chi connectivity index (χ0v) is 12.4. The molecule has 0 saturated heterocycles. The number of hydrogen-bond donors (Lipinski definition) is 0. The number of benzene rings is 1. The molecule has 1 aromatic carbocycles. The van der Waals surface area contributed by atoms with Gasteiger partial charge in [-0.05, 0) is 30.2 Å². The summed E-state index contributed by atoms with van der Waals surface area (Å²) in [6.07, 6.45) is 0.739. The maximum Gasteiger partial charge on any atom is 0.172 e. The Kier molecular flexibility index (Phi) is 4.92. The highest BCUT2D eigenvalue weighted by molar-refractivity contribution is 5.73. The quantitative estimate of drug-likeness (QED) is 0.732. The third-order valence-electron chi connectivity index (χ3n) is 3.09. The Morgan fingerprint density at radius 2 is 1.90 bits per heavy atom. The van der Waals surface area contributed by atoms with Crippen molar-refractivity contribution in [3.8, 4) is 11.5 Å². The molecule has 6 heteroatoms. The number of hydrogen-bond acceptors (Lipinski definition) is 5. The fraction of sp³-hybridized carbons (Fsp3) is 0.400. The second-order valence-electron chi connectivity index (χ2n) is 4.88. The topological polar surface area (TPSA) is 66.2 Å². The molecule has 0 bridgehead atoms. The molecule has 0 unspecified atom stereocenters. The van der Waals surface area contributed by atoms with Crippen LogP contribution in [-0.2, 0) is 6.54 Å². The molecule has 1 heterocycles. The molecule has 0 radical (unpaired) electrons. The first-order chi connectivity index (χ1) is 10.2. The minimum Gasteiger partial charge on any atom is -0.497 e. The van der Waals surface area contributed by atoms with E-state index in [1.54, 1.807) is 11.8 Å². The molecule has 2 rings (SSSR count). The van der Waals surface area contributed by atoms with Crippen LogP contribution in [0.3, 0.4) is 0 Å². The summed E-state index contributed by atoms with van der Waals surface area (Å²) >= 11 is 0. The molecular formula is C15H19N3O3. The highest BCUT2D eigenvalue weighted by atomic mass is 16.5. The first-order valence-electron chi connectivity index (χ1n) is 6.81. The lowest BCUT2D eigenvalue weighted by Gasteiger charge is -2.11. The standard InChI is InChI=1S/C15H19N3O3/c1-11(2)15-14(10-19)16-17-18(15)8-9-21-13-6-4-12(20-3)5-7-13/h4-7,10-11H,8-9H2,1-3H3. The van der Waals surface area contributed by atoms with Crippen LogP contribution in [0, 0.1) is 0 Å². The zero-order chi connectivity index (χ0) is 15.2. The summed E-state index contributed by atoms with van der Waals surface area (Å²) in [4.78, 5) is 10.9. The summed E-state index contributed by atoms with van der Waals surface area (Å²) in [5, 5.41) is 7.88. The fourth-order valence-electron chi connectivity index (χ4n) is 2.10. The second kappa shape index (κ2) is 6.88. The molecule has 0 aliphatic heterocycles. The molecule has 0 amide bonds. The molecule has 112 valence electrons. The smallest absolute Gasteiger partial charge is 0.172 e. The summed E-state index contributed by atoms with van der Waals surface area (Å²) in [7, 11) is 1.62. The summed E-state index contributed by atoms with van der Waals surface area (Å²) in [5.74, 6) is 1.73. The van der Waals surface area contributed by atoms with Gasteiger partial charge in [-0.2, -0.15) is 0 Å². The van der Waals surface area contributed by atoms with E-state index in [1.165, 1.54) is 0 Å². The van der Waals surface area contributed by atoms with Gasteiger partial charge >= 0.3 is 0 Å². The van der Waals surface area contributed by atoms with Crippen LogP contribution >= 0.6 is 0 Å². The van der Waals surface area contributed by atoms with Crippen molar-refractivity contribution in [1.29, 1.82) is 0 Å². The maximum absolute atomic E-state index is 10.9. The first-order valence-corrected chi connectivity index (χ1v) is 6.81. The molecule has 0 fully saturated rings. The molecule has 1 aromatic heterocycles. The fourth-order valence-corrected chi connectivity index (χ4v) is 2.10. The Morgan fingerprint density at radius 1 is 1.24 bits per heavy atom. The highest BCUT2D eigenvalue weighted by Gasteiger charge is 2.15. The van der Waals surface area contributed by atoms with Gasteiger partial charge in [0, 0.05) is 0 Å². The van der Waals surface area contributed by atoms with E-state index >= 15 is 0 Å². The van der Waals surface area contributed by atoms with Crippen LogP contribution in [0.15, 0.2) is 24.3 Å². The van der Waals surface area contributed by atoms with E-state index in [4.69, 9.17) is 9.47 Å². The highest BCUT2D eigenvalue weighted by Crippen LogP contribution is 2.18. The van der Waals surface area contributed by atoms with Crippen molar-refractivity contribution in [2.45, 2.75) is 26.3 Å². The SMILES string of the molecule is COc1ccc(OCCn2nnc(C=O)c2C(C)C)cc1. The van der Waals surface area contributed by atoms with Crippen molar-refractivity contribution < 1.29 is 14.3 Å². The van der Waals surface area contributed by atoms with Crippen LogP contribution < -0.4 is 9.47 Å². The third kappa shape index (κ3) is 3.59. The Bertz CT molecular complexity index is 591. The summed E-state index contributed by atoms with van der Waals surface area (Å²) in [5.41, 5.74) is 1.23. The van der Waals surface area contributed by atoms with Gasteiger partial charge in [0.1, 0.15) is 23.8 Å². The minimum absolute atomic E-state index is 0.182. The average molecular weight is 289 g/mol. The summed E-state index contributed by atoms with van der Waals surface area (Å²) in [6, 6.07) is 7.38. The lowest BCUT2D eigenvalue weighted by molar-refractivity contribution is 0.111. The molecule has 0 spiro atoms. The van der Waals surface area contributed by atoms with Gasteiger partial charge in [0.25, 0.3) is 0 Å². The Labute approximate surface area is 123 Å². The molecular weight excluding hydrogens is 270 g/mol. The lowest BCUT2D eigenvalue weighted by Crippen LogP contribution is -2.13. The van der Waals surface area contributed by atoms with E-state index in [0.717, 1.165) is 23.5 Å². The average Bonchev–Trinajstić information content (AvgIpc) is 2.91. The van der Waals surface area contributed by atoms with Crippen molar-refractivity contribution in [1.82, 2.24) is 15.0 Å². The predicted molar refractivity (Wildman–Crippen MR) is 78.0 cm³/mol. The normalized spacial score (nSPS) is 10.7. The Balaban J connectivity index is 1.96.